The van der Waals surface area contributed by atoms with Crippen molar-refractivity contribution in [3.63, 3.8) is 0 Å². The molecule has 5 rings (SSSR count). The largest absolute Gasteiger partial charge is 0.369 e. The number of nitrogens with zero attached hydrogens (tertiary/aromatic N) is 4. The van der Waals surface area contributed by atoms with E-state index in [9.17, 15) is 4.79 Å². The summed E-state index contributed by atoms with van der Waals surface area (Å²) in [4.78, 5) is 20.8. The molecule has 1 saturated carbocycles. The molecule has 2 aromatic heterocycles. The van der Waals surface area contributed by atoms with E-state index in [1.165, 1.54) is 6.20 Å². The Hall–Kier alpha value is -3.10. The minimum Gasteiger partial charge on any atom is -0.369 e. The molecule has 4 N–H and O–H groups in total. The first-order chi connectivity index (χ1) is 15.5. The summed E-state index contributed by atoms with van der Waals surface area (Å²) >= 11 is 12.4. The highest BCUT2D eigenvalue weighted by Crippen LogP contribution is 2.45. The summed E-state index contributed by atoms with van der Waals surface area (Å²) in [5.41, 5.74) is 7.44. The van der Waals surface area contributed by atoms with E-state index in [-0.39, 0.29) is 29.7 Å². The summed E-state index contributed by atoms with van der Waals surface area (Å²) in [6, 6.07) is 7.50. The number of carbonyl (C=O) groups is 1. The average Bonchev–Trinajstić information content (AvgIpc) is 3.47. The smallest absolute Gasteiger partial charge is 0.229 e. The molecule has 2 bridgehead atoms. The molecule has 1 fully saturated rings. The molecule has 8 nitrogen and oxygen atoms in total. The first kappa shape index (κ1) is 20.8. The van der Waals surface area contributed by atoms with Crippen LogP contribution in [0, 0.1) is 17.8 Å². The van der Waals surface area contributed by atoms with Gasteiger partial charge in [-0.1, -0.05) is 47.5 Å². The predicted octanol–water partition coefficient (Wildman–Crippen LogP) is 3.86. The van der Waals surface area contributed by atoms with Crippen molar-refractivity contribution in [1.29, 1.82) is 0 Å². The van der Waals surface area contributed by atoms with Crippen LogP contribution in [-0.2, 0) is 11.3 Å². The van der Waals surface area contributed by atoms with Crippen molar-refractivity contribution < 1.29 is 4.79 Å². The molecule has 0 aliphatic heterocycles. The standard InChI is InChI=1S/C22H21Cl2N7O/c23-15-3-1-2-12(6-15)10-31-11-16(8-27-31)28-22-26-9-17(24)21(30-22)29-19-14-5-4-13(7-14)18(19)20(25)32/h1-6,8-9,11,13-14,18-19H,7,10H2,(H2,25,32)(H2,26,28,29,30)/t13-,14+,18+,19-/m1/s1. The van der Waals surface area contributed by atoms with Crippen LogP contribution in [0.25, 0.3) is 0 Å². The first-order valence-corrected chi connectivity index (χ1v) is 11.0. The van der Waals surface area contributed by atoms with E-state index in [1.54, 1.807) is 10.9 Å². The Morgan fingerprint density at radius 2 is 2.06 bits per heavy atom. The molecule has 10 heteroatoms. The molecule has 1 aromatic carbocycles. The topological polar surface area (TPSA) is 111 Å². The van der Waals surface area contributed by atoms with Crippen LogP contribution in [0.2, 0.25) is 10.0 Å². The molecule has 0 radical (unpaired) electrons. The lowest BCUT2D eigenvalue weighted by atomic mass is 9.88. The van der Waals surface area contributed by atoms with Gasteiger partial charge in [0.05, 0.1) is 30.5 Å². The van der Waals surface area contributed by atoms with Crippen LogP contribution in [0.3, 0.4) is 0 Å². The van der Waals surface area contributed by atoms with Gasteiger partial charge < -0.3 is 16.4 Å². The van der Waals surface area contributed by atoms with Gasteiger partial charge in [0.15, 0.2) is 5.82 Å². The number of nitrogens with one attached hydrogen (secondary N) is 2. The average molecular weight is 470 g/mol. The van der Waals surface area contributed by atoms with Crippen molar-refractivity contribution in [1.82, 2.24) is 19.7 Å². The number of benzene rings is 1. The number of halogens is 2. The van der Waals surface area contributed by atoms with Crippen LogP contribution in [0.1, 0.15) is 12.0 Å². The van der Waals surface area contributed by atoms with Crippen molar-refractivity contribution in [3.05, 3.63) is 70.6 Å². The van der Waals surface area contributed by atoms with Gasteiger partial charge in [0.2, 0.25) is 11.9 Å². The number of nitrogens with two attached hydrogens (primary N) is 1. The Labute approximate surface area is 194 Å². The minimum atomic E-state index is -0.310. The molecule has 2 aliphatic carbocycles. The number of anilines is 3. The van der Waals surface area contributed by atoms with E-state index >= 15 is 0 Å². The van der Waals surface area contributed by atoms with E-state index in [0.29, 0.717) is 28.4 Å². The first-order valence-electron chi connectivity index (χ1n) is 10.3. The van der Waals surface area contributed by atoms with Gasteiger partial charge in [0, 0.05) is 17.3 Å². The van der Waals surface area contributed by atoms with Gasteiger partial charge in [0.25, 0.3) is 0 Å². The Balaban J connectivity index is 1.30. The second kappa shape index (κ2) is 8.44. The summed E-state index contributed by atoms with van der Waals surface area (Å²) in [6.45, 7) is 0.586. The van der Waals surface area contributed by atoms with Crippen LogP contribution in [0.4, 0.5) is 17.5 Å². The maximum Gasteiger partial charge on any atom is 0.229 e. The third-order valence-electron chi connectivity index (χ3n) is 5.96. The maximum atomic E-state index is 12.0. The number of allylic oxidation sites excluding steroid dienone is 1. The molecule has 32 heavy (non-hydrogen) atoms. The summed E-state index contributed by atoms with van der Waals surface area (Å²) in [7, 11) is 0. The van der Waals surface area contributed by atoms with Crippen LogP contribution >= 0.6 is 23.2 Å². The van der Waals surface area contributed by atoms with Crippen molar-refractivity contribution in [3.8, 4) is 0 Å². The van der Waals surface area contributed by atoms with Gasteiger partial charge >= 0.3 is 0 Å². The lowest BCUT2D eigenvalue weighted by Gasteiger charge is -2.27. The van der Waals surface area contributed by atoms with Crippen LogP contribution in [-0.4, -0.2) is 31.7 Å². The number of aromatic nitrogens is 4. The highest BCUT2D eigenvalue weighted by atomic mass is 35.5. The summed E-state index contributed by atoms with van der Waals surface area (Å²) < 4.78 is 1.79. The molecule has 164 valence electrons. The fraction of sp³-hybridized carbons (Fsp3) is 0.273. The zero-order valence-corrected chi connectivity index (χ0v) is 18.5. The minimum absolute atomic E-state index is 0.136. The number of primary amides is 1. The zero-order valence-electron chi connectivity index (χ0n) is 17.0. The SMILES string of the molecule is NC(=O)[C@@H]1[C@H](Nc2nc(Nc3cnn(Cc4cccc(Cl)c4)c3)ncc2Cl)[C@H]2C=C[C@@H]1C2. The van der Waals surface area contributed by atoms with Crippen molar-refractivity contribution in [2.24, 2.45) is 23.5 Å². The van der Waals surface area contributed by atoms with E-state index < -0.39 is 0 Å². The quantitative estimate of drug-likeness (QED) is 0.453. The Morgan fingerprint density at radius 3 is 2.88 bits per heavy atom. The number of rotatable bonds is 7. The van der Waals surface area contributed by atoms with Crippen LogP contribution in [0.15, 0.2) is 55.0 Å². The molecule has 1 amide bonds. The molecule has 3 aromatic rings. The predicted molar refractivity (Wildman–Crippen MR) is 124 cm³/mol. The molecule has 0 spiro atoms. The fourth-order valence-electron chi connectivity index (χ4n) is 4.56. The van der Waals surface area contributed by atoms with Gasteiger partial charge in [-0.2, -0.15) is 10.1 Å². The normalized spacial score (nSPS) is 23.4. The second-order valence-electron chi connectivity index (χ2n) is 8.12. The summed E-state index contributed by atoms with van der Waals surface area (Å²) in [5, 5.41) is 11.9. The van der Waals surface area contributed by atoms with E-state index in [2.05, 4.69) is 37.9 Å². The molecular formula is C22H21Cl2N7O. The Morgan fingerprint density at radius 1 is 1.22 bits per heavy atom. The number of fused-ring (bicyclic) bond motifs is 2. The van der Waals surface area contributed by atoms with Gasteiger partial charge in [-0.15, -0.1) is 0 Å². The molecule has 0 unspecified atom stereocenters. The molecule has 0 saturated heterocycles. The van der Waals surface area contributed by atoms with Crippen LogP contribution < -0.4 is 16.4 Å². The van der Waals surface area contributed by atoms with E-state index in [1.807, 2.05) is 30.5 Å². The van der Waals surface area contributed by atoms with Gasteiger partial charge in [0.1, 0.15) is 5.02 Å². The molecule has 2 aliphatic rings. The third-order valence-corrected chi connectivity index (χ3v) is 6.47. The second-order valence-corrected chi connectivity index (χ2v) is 8.96. The number of carbonyl (C=O) groups excluding carboxylic acids is 1. The summed E-state index contributed by atoms with van der Waals surface area (Å²) in [6.07, 6.45) is 10.2. The highest BCUT2D eigenvalue weighted by molar-refractivity contribution is 6.32. The maximum absolute atomic E-state index is 12.0. The summed E-state index contributed by atoms with van der Waals surface area (Å²) in [5.74, 6) is 0.636. The van der Waals surface area contributed by atoms with E-state index in [0.717, 1.165) is 17.7 Å². The van der Waals surface area contributed by atoms with Gasteiger partial charge in [-0.05, 0) is 36.0 Å². The molecular weight excluding hydrogens is 449 g/mol. The van der Waals surface area contributed by atoms with Crippen molar-refractivity contribution >= 4 is 46.6 Å². The lowest BCUT2D eigenvalue weighted by molar-refractivity contribution is -0.122. The van der Waals surface area contributed by atoms with Crippen molar-refractivity contribution in [2.75, 3.05) is 10.6 Å². The van der Waals surface area contributed by atoms with Crippen molar-refractivity contribution in [2.45, 2.75) is 19.0 Å². The Bertz CT molecular complexity index is 1190. The van der Waals surface area contributed by atoms with Gasteiger partial charge in [-0.25, -0.2) is 4.98 Å². The number of hydrogen-bond acceptors (Lipinski definition) is 6. The van der Waals surface area contributed by atoms with Crippen LogP contribution in [0.5, 0.6) is 0 Å². The molecule has 2 heterocycles. The molecule has 4 atom stereocenters. The zero-order chi connectivity index (χ0) is 22.2. The third kappa shape index (κ3) is 4.16. The number of hydrogen-bond donors (Lipinski definition) is 3. The fourth-order valence-corrected chi connectivity index (χ4v) is 4.92. The lowest BCUT2D eigenvalue weighted by Crippen LogP contribution is -2.41. The van der Waals surface area contributed by atoms with E-state index in [4.69, 9.17) is 28.9 Å². The monoisotopic (exact) mass is 469 g/mol. The van der Waals surface area contributed by atoms with Gasteiger partial charge in [-0.3, -0.25) is 9.48 Å². The Kier molecular flexibility index (Phi) is 5.48. The highest BCUT2D eigenvalue weighted by Gasteiger charge is 2.47. The number of amides is 1.